The molecule has 2 aromatic carbocycles. The number of benzene rings is 2. The number of anilines is 1. The van der Waals surface area contributed by atoms with Crippen molar-refractivity contribution < 1.29 is 27.5 Å². The molecule has 0 aliphatic carbocycles. The number of likely N-dealkylation sites (tertiary alicyclic amines) is 1. The molecule has 2 fully saturated rings. The minimum absolute atomic E-state index is 0.0751. The first-order chi connectivity index (χ1) is 15.9. The molecule has 2 saturated heterocycles. The Hall–Kier alpha value is -2.95. The molecule has 0 spiro atoms. The predicted octanol–water partition coefficient (Wildman–Crippen LogP) is 2.09. The van der Waals surface area contributed by atoms with E-state index in [9.17, 15) is 18.0 Å². The van der Waals surface area contributed by atoms with Crippen molar-refractivity contribution in [2.45, 2.75) is 24.3 Å². The van der Waals surface area contributed by atoms with Crippen LogP contribution in [0, 0.1) is 0 Å². The number of methoxy groups -OCH3 is 1. The van der Waals surface area contributed by atoms with Gasteiger partial charge in [0.05, 0.1) is 30.9 Å². The van der Waals surface area contributed by atoms with Crippen LogP contribution in [0.2, 0.25) is 0 Å². The van der Waals surface area contributed by atoms with Gasteiger partial charge in [0, 0.05) is 38.2 Å². The standard InChI is InChI=1S/C23H27N3O6S/c1-31-21-9-8-19(33(29,30)26-11-13-32-14-12-26)15-20(21)24-23(28)18-6-4-17(5-7-18)16-25-10-2-3-22(25)27/h4-9,15H,2-3,10-14,16H2,1H3,(H,24,28). The van der Waals surface area contributed by atoms with Gasteiger partial charge >= 0.3 is 0 Å². The van der Waals surface area contributed by atoms with E-state index in [0.29, 0.717) is 37.5 Å². The fourth-order valence-electron chi connectivity index (χ4n) is 3.93. The van der Waals surface area contributed by atoms with Crippen LogP contribution in [0.3, 0.4) is 0 Å². The Labute approximate surface area is 193 Å². The van der Waals surface area contributed by atoms with Gasteiger partial charge in [-0.25, -0.2) is 8.42 Å². The number of sulfonamides is 1. The largest absolute Gasteiger partial charge is 0.495 e. The Bertz CT molecular complexity index is 1130. The number of hydrogen-bond acceptors (Lipinski definition) is 6. The molecule has 0 bridgehead atoms. The van der Waals surface area contributed by atoms with Gasteiger partial charge < -0.3 is 19.7 Å². The molecule has 1 N–H and O–H groups in total. The maximum Gasteiger partial charge on any atom is 0.255 e. The summed E-state index contributed by atoms with van der Waals surface area (Å²) in [4.78, 5) is 26.5. The quantitative estimate of drug-likeness (QED) is 0.660. The molecular formula is C23H27N3O6S. The van der Waals surface area contributed by atoms with Gasteiger partial charge in [-0.1, -0.05) is 12.1 Å². The summed E-state index contributed by atoms with van der Waals surface area (Å²) in [6.45, 7) is 2.54. The molecule has 2 aromatic rings. The molecule has 9 nitrogen and oxygen atoms in total. The average molecular weight is 474 g/mol. The Morgan fingerprint density at radius 2 is 1.82 bits per heavy atom. The lowest BCUT2D eigenvalue weighted by atomic mass is 10.1. The normalized spacial score (nSPS) is 17.2. The van der Waals surface area contributed by atoms with E-state index >= 15 is 0 Å². The number of carbonyl (C=O) groups is 2. The summed E-state index contributed by atoms with van der Waals surface area (Å²) in [5.74, 6) is 0.113. The molecule has 2 aliphatic rings. The van der Waals surface area contributed by atoms with E-state index in [1.807, 2.05) is 12.1 Å². The highest BCUT2D eigenvalue weighted by molar-refractivity contribution is 7.89. The Kier molecular flexibility index (Phi) is 6.96. The molecule has 0 radical (unpaired) electrons. The summed E-state index contributed by atoms with van der Waals surface area (Å²) in [6.07, 6.45) is 1.46. The molecule has 2 aliphatic heterocycles. The molecule has 2 heterocycles. The van der Waals surface area contributed by atoms with Crippen LogP contribution >= 0.6 is 0 Å². The number of amides is 2. The van der Waals surface area contributed by atoms with Gasteiger partial charge in [0.2, 0.25) is 15.9 Å². The maximum atomic E-state index is 13.0. The summed E-state index contributed by atoms with van der Waals surface area (Å²) in [5, 5.41) is 2.76. The Balaban J connectivity index is 1.50. The van der Waals surface area contributed by atoms with Crippen molar-refractivity contribution in [3.05, 3.63) is 53.6 Å². The van der Waals surface area contributed by atoms with Crippen molar-refractivity contribution in [1.82, 2.24) is 9.21 Å². The Morgan fingerprint density at radius 3 is 2.45 bits per heavy atom. The van der Waals surface area contributed by atoms with Gasteiger partial charge in [0.1, 0.15) is 5.75 Å². The van der Waals surface area contributed by atoms with Gasteiger partial charge in [-0.3, -0.25) is 9.59 Å². The van der Waals surface area contributed by atoms with E-state index in [1.165, 1.54) is 29.6 Å². The number of rotatable bonds is 7. The lowest BCUT2D eigenvalue weighted by Gasteiger charge is -2.26. The summed E-state index contributed by atoms with van der Waals surface area (Å²) < 4.78 is 37.9. The smallest absolute Gasteiger partial charge is 0.255 e. The molecule has 0 saturated carbocycles. The number of morpholine rings is 1. The van der Waals surface area contributed by atoms with Crippen molar-refractivity contribution in [3.8, 4) is 5.75 Å². The van der Waals surface area contributed by atoms with Crippen LogP contribution in [-0.4, -0.2) is 69.4 Å². The minimum atomic E-state index is -3.72. The second-order valence-electron chi connectivity index (χ2n) is 7.95. The third-order valence-electron chi connectivity index (χ3n) is 5.79. The van der Waals surface area contributed by atoms with Crippen LogP contribution in [0.25, 0.3) is 0 Å². The van der Waals surface area contributed by atoms with E-state index < -0.39 is 15.9 Å². The van der Waals surface area contributed by atoms with E-state index in [0.717, 1.165) is 18.5 Å². The van der Waals surface area contributed by atoms with Crippen molar-refractivity contribution in [2.24, 2.45) is 0 Å². The van der Waals surface area contributed by atoms with Gasteiger partial charge in [-0.05, 0) is 42.3 Å². The van der Waals surface area contributed by atoms with Crippen LogP contribution in [-0.2, 0) is 26.1 Å². The van der Waals surface area contributed by atoms with Crippen LogP contribution in [0.1, 0.15) is 28.8 Å². The summed E-state index contributed by atoms with van der Waals surface area (Å²) in [6, 6.07) is 11.4. The van der Waals surface area contributed by atoms with E-state index in [1.54, 1.807) is 17.0 Å². The van der Waals surface area contributed by atoms with E-state index in [2.05, 4.69) is 5.32 Å². The lowest BCUT2D eigenvalue weighted by Crippen LogP contribution is -2.40. The molecule has 10 heteroatoms. The lowest BCUT2D eigenvalue weighted by molar-refractivity contribution is -0.128. The van der Waals surface area contributed by atoms with Crippen molar-refractivity contribution >= 4 is 27.5 Å². The van der Waals surface area contributed by atoms with Crippen LogP contribution < -0.4 is 10.1 Å². The number of hydrogen-bond donors (Lipinski definition) is 1. The molecule has 4 rings (SSSR count). The highest BCUT2D eigenvalue weighted by Gasteiger charge is 2.27. The molecule has 0 aromatic heterocycles. The van der Waals surface area contributed by atoms with Crippen molar-refractivity contribution in [1.29, 1.82) is 0 Å². The average Bonchev–Trinajstić information content (AvgIpc) is 3.24. The predicted molar refractivity (Wildman–Crippen MR) is 122 cm³/mol. The molecule has 2 amide bonds. The third kappa shape index (κ3) is 5.18. The fraction of sp³-hybridized carbons (Fsp3) is 0.391. The number of nitrogens with one attached hydrogen (secondary N) is 1. The Morgan fingerprint density at radius 1 is 1.09 bits per heavy atom. The highest BCUT2D eigenvalue weighted by atomic mass is 32.2. The molecule has 0 atom stereocenters. The van der Waals surface area contributed by atoms with E-state index in [-0.39, 0.29) is 29.6 Å². The fourth-order valence-corrected chi connectivity index (χ4v) is 5.36. The summed E-state index contributed by atoms with van der Waals surface area (Å²) in [5.41, 5.74) is 1.62. The first-order valence-electron chi connectivity index (χ1n) is 10.8. The zero-order valence-corrected chi connectivity index (χ0v) is 19.3. The zero-order chi connectivity index (χ0) is 23.4. The number of carbonyl (C=O) groups excluding carboxylic acids is 2. The molecular weight excluding hydrogens is 446 g/mol. The molecule has 33 heavy (non-hydrogen) atoms. The van der Waals surface area contributed by atoms with E-state index in [4.69, 9.17) is 9.47 Å². The van der Waals surface area contributed by atoms with Crippen LogP contribution in [0.5, 0.6) is 5.75 Å². The van der Waals surface area contributed by atoms with Gasteiger partial charge in [0.15, 0.2) is 0 Å². The topological polar surface area (TPSA) is 105 Å². The SMILES string of the molecule is COc1ccc(S(=O)(=O)N2CCOCC2)cc1NC(=O)c1ccc(CN2CCCC2=O)cc1. The first-order valence-corrected chi connectivity index (χ1v) is 12.3. The highest BCUT2D eigenvalue weighted by Crippen LogP contribution is 2.30. The van der Waals surface area contributed by atoms with Gasteiger partial charge in [0.25, 0.3) is 5.91 Å². The summed E-state index contributed by atoms with van der Waals surface area (Å²) in [7, 11) is -2.26. The maximum absolute atomic E-state index is 13.0. The van der Waals surface area contributed by atoms with Crippen molar-refractivity contribution in [2.75, 3.05) is 45.3 Å². The number of ether oxygens (including phenoxy) is 2. The zero-order valence-electron chi connectivity index (χ0n) is 18.5. The second-order valence-corrected chi connectivity index (χ2v) is 9.89. The third-order valence-corrected chi connectivity index (χ3v) is 7.68. The minimum Gasteiger partial charge on any atom is -0.495 e. The van der Waals surface area contributed by atoms with Crippen molar-refractivity contribution in [3.63, 3.8) is 0 Å². The molecule has 0 unspecified atom stereocenters. The second kappa shape index (κ2) is 9.90. The van der Waals surface area contributed by atoms with Crippen LogP contribution in [0.15, 0.2) is 47.4 Å². The van der Waals surface area contributed by atoms with Gasteiger partial charge in [-0.15, -0.1) is 0 Å². The molecule has 176 valence electrons. The monoisotopic (exact) mass is 473 g/mol. The number of nitrogens with zero attached hydrogens (tertiary/aromatic N) is 2. The first kappa shape index (κ1) is 23.2. The summed E-state index contributed by atoms with van der Waals surface area (Å²) >= 11 is 0. The van der Waals surface area contributed by atoms with Gasteiger partial charge in [-0.2, -0.15) is 4.31 Å². The van der Waals surface area contributed by atoms with Crippen LogP contribution in [0.4, 0.5) is 5.69 Å².